The van der Waals surface area contributed by atoms with Crippen LogP contribution in [0.5, 0.6) is 0 Å². The van der Waals surface area contributed by atoms with E-state index in [-0.39, 0.29) is 18.5 Å². The molecule has 0 bridgehead atoms. The summed E-state index contributed by atoms with van der Waals surface area (Å²) in [5.41, 5.74) is 0.843. The van der Waals surface area contributed by atoms with E-state index in [1.165, 1.54) is 23.1 Å². The van der Waals surface area contributed by atoms with Gasteiger partial charge in [-0.1, -0.05) is 29.8 Å². The minimum Gasteiger partial charge on any atom is -0.322 e. The number of rotatable bonds is 5. The van der Waals surface area contributed by atoms with Crippen LogP contribution in [-0.4, -0.2) is 33.6 Å². The molecule has 6 nitrogen and oxygen atoms in total. The lowest BCUT2D eigenvalue weighted by Crippen LogP contribution is -2.45. The standard InChI is InChI=1S/C23H17ClFN3O3/c24-16-7-9-17(10-8-16)28-21(29)12-20(23(28)31)27(14-15-4-3-11-26-13-15)22(30)18-5-1-2-6-19(18)25/h1-11,13,20H,12,14H2. The fourth-order valence-corrected chi connectivity index (χ4v) is 3.65. The van der Waals surface area contributed by atoms with Crippen LogP contribution in [-0.2, 0) is 16.1 Å². The molecule has 31 heavy (non-hydrogen) atoms. The van der Waals surface area contributed by atoms with Gasteiger partial charge in [0.2, 0.25) is 5.91 Å². The van der Waals surface area contributed by atoms with Gasteiger partial charge in [-0.05, 0) is 48.0 Å². The van der Waals surface area contributed by atoms with Crippen molar-refractivity contribution in [3.05, 3.63) is 95.0 Å². The first-order valence-electron chi connectivity index (χ1n) is 9.52. The van der Waals surface area contributed by atoms with Gasteiger partial charge >= 0.3 is 0 Å². The summed E-state index contributed by atoms with van der Waals surface area (Å²) in [6.45, 7) is -0.000841. The van der Waals surface area contributed by atoms with Gasteiger partial charge in [-0.25, -0.2) is 9.29 Å². The summed E-state index contributed by atoms with van der Waals surface area (Å²) in [5.74, 6) is -2.38. The highest BCUT2D eigenvalue weighted by molar-refractivity contribution is 6.31. The Labute approximate surface area is 182 Å². The van der Waals surface area contributed by atoms with Gasteiger partial charge in [-0.3, -0.25) is 19.4 Å². The molecule has 2 aromatic carbocycles. The van der Waals surface area contributed by atoms with Crippen LogP contribution in [0.3, 0.4) is 0 Å². The molecule has 1 atom stereocenters. The van der Waals surface area contributed by atoms with E-state index >= 15 is 0 Å². The van der Waals surface area contributed by atoms with E-state index in [0.717, 1.165) is 4.90 Å². The number of hydrogen-bond donors (Lipinski definition) is 0. The van der Waals surface area contributed by atoms with E-state index in [9.17, 15) is 18.8 Å². The van der Waals surface area contributed by atoms with Crippen molar-refractivity contribution in [1.82, 2.24) is 9.88 Å². The molecule has 0 saturated carbocycles. The number of aromatic nitrogens is 1. The molecular weight excluding hydrogens is 421 g/mol. The Morgan fingerprint density at radius 3 is 2.52 bits per heavy atom. The Bertz CT molecular complexity index is 1140. The molecule has 1 aliphatic rings. The zero-order valence-corrected chi connectivity index (χ0v) is 17.0. The molecule has 1 aromatic heterocycles. The summed E-state index contributed by atoms with van der Waals surface area (Å²) >= 11 is 5.90. The second kappa shape index (κ2) is 8.65. The van der Waals surface area contributed by atoms with Crippen LogP contribution >= 0.6 is 11.6 Å². The van der Waals surface area contributed by atoms with Gasteiger partial charge in [0.15, 0.2) is 0 Å². The van der Waals surface area contributed by atoms with Gasteiger partial charge in [0.25, 0.3) is 11.8 Å². The minimum absolute atomic E-state index is 0.000841. The zero-order valence-electron chi connectivity index (χ0n) is 16.2. The van der Waals surface area contributed by atoms with Crippen molar-refractivity contribution in [3.8, 4) is 0 Å². The van der Waals surface area contributed by atoms with Gasteiger partial charge in [0.05, 0.1) is 17.7 Å². The number of imide groups is 1. The molecule has 1 unspecified atom stereocenters. The monoisotopic (exact) mass is 437 g/mol. The Hall–Kier alpha value is -3.58. The highest BCUT2D eigenvalue weighted by Crippen LogP contribution is 2.29. The average molecular weight is 438 g/mol. The van der Waals surface area contributed by atoms with Crippen LogP contribution in [0.2, 0.25) is 5.02 Å². The highest BCUT2D eigenvalue weighted by Gasteiger charge is 2.44. The van der Waals surface area contributed by atoms with Crippen molar-refractivity contribution in [3.63, 3.8) is 0 Å². The Morgan fingerprint density at radius 1 is 1.10 bits per heavy atom. The molecule has 3 aromatic rings. The number of pyridine rings is 1. The summed E-state index contributed by atoms with van der Waals surface area (Å²) in [7, 11) is 0. The lowest BCUT2D eigenvalue weighted by Gasteiger charge is -2.28. The van der Waals surface area contributed by atoms with Crippen molar-refractivity contribution >= 4 is 35.0 Å². The first kappa shape index (κ1) is 20.7. The van der Waals surface area contributed by atoms with E-state index in [0.29, 0.717) is 16.3 Å². The number of carbonyl (C=O) groups is 3. The van der Waals surface area contributed by atoms with E-state index in [1.54, 1.807) is 54.9 Å². The maximum Gasteiger partial charge on any atom is 0.257 e. The van der Waals surface area contributed by atoms with Gasteiger partial charge in [0.1, 0.15) is 11.9 Å². The number of amides is 3. The predicted molar refractivity (Wildman–Crippen MR) is 113 cm³/mol. The second-order valence-electron chi connectivity index (χ2n) is 7.04. The van der Waals surface area contributed by atoms with Crippen molar-refractivity contribution in [1.29, 1.82) is 0 Å². The molecule has 1 aliphatic heterocycles. The van der Waals surface area contributed by atoms with Gasteiger partial charge < -0.3 is 4.90 Å². The van der Waals surface area contributed by atoms with Crippen LogP contribution in [0.15, 0.2) is 73.1 Å². The Morgan fingerprint density at radius 2 is 1.84 bits per heavy atom. The van der Waals surface area contributed by atoms with E-state index in [2.05, 4.69) is 4.98 Å². The van der Waals surface area contributed by atoms with E-state index in [1.807, 2.05) is 0 Å². The first-order valence-corrected chi connectivity index (χ1v) is 9.90. The van der Waals surface area contributed by atoms with Gasteiger partial charge in [-0.2, -0.15) is 0 Å². The number of nitrogens with zero attached hydrogens (tertiary/aromatic N) is 3. The molecule has 3 amide bonds. The molecule has 156 valence electrons. The quantitative estimate of drug-likeness (QED) is 0.568. The SMILES string of the molecule is O=C1CC(N(Cc2cccnc2)C(=O)c2ccccc2F)C(=O)N1c1ccc(Cl)cc1. The first-order chi connectivity index (χ1) is 15.0. The maximum atomic E-state index is 14.3. The number of carbonyl (C=O) groups excluding carboxylic acids is 3. The third kappa shape index (κ3) is 4.18. The fraction of sp³-hybridized carbons (Fsp3) is 0.130. The largest absolute Gasteiger partial charge is 0.322 e. The number of hydrogen-bond acceptors (Lipinski definition) is 4. The lowest BCUT2D eigenvalue weighted by molar-refractivity contribution is -0.122. The highest BCUT2D eigenvalue weighted by atomic mass is 35.5. The Kier molecular flexibility index (Phi) is 5.77. The number of halogens is 2. The molecule has 0 N–H and O–H groups in total. The van der Waals surface area contributed by atoms with E-state index in [4.69, 9.17) is 11.6 Å². The molecule has 1 fully saturated rings. The predicted octanol–water partition coefficient (Wildman–Crippen LogP) is 3.85. The summed E-state index contributed by atoms with van der Waals surface area (Å²) in [6.07, 6.45) is 2.93. The normalized spacial score (nSPS) is 15.9. The van der Waals surface area contributed by atoms with Crippen molar-refractivity contribution in [2.75, 3.05) is 4.90 Å². The van der Waals surface area contributed by atoms with Crippen molar-refractivity contribution in [2.24, 2.45) is 0 Å². The van der Waals surface area contributed by atoms with Crippen LogP contribution in [0.25, 0.3) is 0 Å². The smallest absolute Gasteiger partial charge is 0.257 e. The summed E-state index contributed by atoms with van der Waals surface area (Å²) < 4.78 is 14.3. The molecule has 8 heteroatoms. The van der Waals surface area contributed by atoms with Crippen molar-refractivity contribution < 1.29 is 18.8 Å². The lowest BCUT2D eigenvalue weighted by atomic mass is 10.1. The summed E-state index contributed by atoms with van der Waals surface area (Å²) in [6, 6.07) is 14.2. The van der Waals surface area contributed by atoms with Crippen LogP contribution in [0.4, 0.5) is 10.1 Å². The third-order valence-electron chi connectivity index (χ3n) is 5.02. The topological polar surface area (TPSA) is 70.6 Å². The second-order valence-corrected chi connectivity index (χ2v) is 7.47. The molecular formula is C23H17ClFN3O3. The van der Waals surface area contributed by atoms with Crippen LogP contribution in [0, 0.1) is 5.82 Å². The Balaban J connectivity index is 1.70. The molecule has 4 rings (SSSR count). The third-order valence-corrected chi connectivity index (χ3v) is 5.28. The summed E-state index contributed by atoms with van der Waals surface area (Å²) in [4.78, 5) is 45.5. The fourth-order valence-electron chi connectivity index (χ4n) is 3.52. The van der Waals surface area contributed by atoms with Gasteiger partial charge in [0, 0.05) is 24.0 Å². The van der Waals surface area contributed by atoms with Crippen LogP contribution in [0.1, 0.15) is 22.3 Å². The van der Waals surface area contributed by atoms with E-state index < -0.39 is 29.6 Å². The molecule has 0 aliphatic carbocycles. The number of anilines is 1. The molecule has 1 saturated heterocycles. The molecule has 2 heterocycles. The average Bonchev–Trinajstić information content (AvgIpc) is 3.07. The summed E-state index contributed by atoms with van der Waals surface area (Å²) in [5, 5.41) is 0.465. The maximum absolute atomic E-state index is 14.3. The molecule has 0 radical (unpaired) electrons. The van der Waals surface area contributed by atoms with Crippen molar-refractivity contribution in [2.45, 2.75) is 19.0 Å². The zero-order chi connectivity index (χ0) is 22.0. The van der Waals surface area contributed by atoms with Gasteiger partial charge in [-0.15, -0.1) is 0 Å². The van der Waals surface area contributed by atoms with Crippen LogP contribution < -0.4 is 4.90 Å². The number of benzene rings is 2. The molecule has 0 spiro atoms. The minimum atomic E-state index is -1.07.